The molecule has 0 saturated heterocycles. The molecule has 0 atom stereocenters. The average Bonchev–Trinajstić information content (AvgIpc) is 2.73. The lowest BCUT2D eigenvalue weighted by molar-refractivity contribution is 0.101. The van der Waals surface area contributed by atoms with Gasteiger partial charge in [0.15, 0.2) is 0 Å². The molecule has 0 heterocycles. The fourth-order valence-corrected chi connectivity index (χ4v) is 2.87. The highest BCUT2D eigenvalue weighted by atomic mass is 16.5. The molecule has 0 bridgehead atoms. The number of benzene rings is 3. The number of hydrogen-bond acceptors (Lipinski definition) is 3. The summed E-state index contributed by atoms with van der Waals surface area (Å²) in [6, 6.07) is 21.5. The van der Waals surface area contributed by atoms with Crippen molar-refractivity contribution in [1.29, 1.82) is 0 Å². The molecule has 3 aromatic carbocycles. The number of amides is 2. The van der Waals surface area contributed by atoms with Gasteiger partial charge in [0.05, 0.1) is 6.61 Å². The van der Waals surface area contributed by atoms with Gasteiger partial charge < -0.3 is 15.4 Å². The molecule has 0 spiro atoms. The minimum absolute atomic E-state index is 0.187. The third kappa shape index (κ3) is 5.70. The summed E-state index contributed by atoms with van der Waals surface area (Å²) in [6.07, 6.45) is 0. The van der Waals surface area contributed by atoms with Crippen LogP contribution >= 0.6 is 0 Å². The first-order chi connectivity index (χ1) is 14.4. The number of rotatable bonds is 7. The summed E-state index contributed by atoms with van der Waals surface area (Å²) in [4.78, 5) is 25.1. The van der Waals surface area contributed by atoms with Crippen LogP contribution in [-0.2, 0) is 0 Å². The van der Waals surface area contributed by atoms with E-state index < -0.39 is 0 Å². The zero-order valence-electron chi connectivity index (χ0n) is 17.4. The van der Waals surface area contributed by atoms with E-state index in [9.17, 15) is 9.59 Å². The van der Waals surface area contributed by atoms with E-state index in [1.807, 2.05) is 25.1 Å². The van der Waals surface area contributed by atoms with Crippen LogP contribution < -0.4 is 15.4 Å². The molecule has 5 nitrogen and oxygen atoms in total. The maximum Gasteiger partial charge on any atom is 0.255 e. The molecule has 2 N–H and O–H groups in total. The predicted octanol–water partition coefficient (Wildman–Crippen LogP) is 5.53. The Labute approximate surface area is 177 Å². The van der Waals surface area contributed by atoms with Gasteiger partial charge in [-0.3, -0.25) is 9.59 Å². The van der Waals surface area contributed by atoms with E-state index in [0.717, 1.165) is 11.3 Å². The minimum Gasteiger partial charge on any atom is -0.493 e. The lowest BCUT2D eigenvalue weighted by Gasteiger charge is -2.11. The Hall–Kier alpha value is -3.60. The quantitative estimate of drug-likeness (QED) is 0.546. The molecule has 30 heavy (non-hydrogen) atoms. The number of ether oxygens (including phenoxy) is 1. The van der Waals surface area contributed by atoms with Crippen LogP contribution in [0.5, 0.6) is 5.75 Å². The summed E-state index contributed by atoms with van der Waals surface area (Å²) in [5, 5.41) is 5.74. The molecular weight excluding hydrogens is 376 g/mol. The van der Waals surface area contributed by atoms with Gasteiger partial charge >= 0.3 is 0 Å². The van der Waals surface area contributed by atoms with Crippen molar-refractivity contribution < 1.29 is 14.3 Å². The number of anilines is 2. The average molecular weight is 402 g/mol. The number of hydrogen-bond donors (Lipinski definition) is 2. The monoisotopic (exact) mass is 402 g/mol. The standard InChI is InChI=1S/C25H26N2O3/c1-17(2)16-30-22-13-11-19(12-14-22)24(28)26-20-8-6-9-21(15-20)27-25(29)23-10-5-4-7-18(23)3/h4-15,17H,16H2,1-3H3,(H,26,28)(H,27,29). The van der Waals surface area contributed by atoms with Gasteiger partial charge in [-0.15, -0.1) is 0 Å². The van der Waals surface area contributed by atoms with E-state index in [0.29, 0.717) is 35.0 Å². The SMILES string of the molecule is Cc1ccccc1C(=O)Nc1cccc(NC(=O)c2ccc(OCC(C)C)cc2)c1. The molecular formula is C25H26N2O3. The van der Waals surface area contributed by atoms with Gasteiger partial charge in [0, 0.05) is 22.5 Å². The lowest BCUT2D eigenvalue weighted by atomic mass is 10.1. The molecule has 0 aliphatic rings. The van der Waals surface area contributed by atoms with Gasteiger partial charge in [0.25, 0.3) is 11.8 Å². The summed E-state index contributed by atoms with van der Waals surface area (Å²) >= 11 is 0. The van der Waals surface area contributed by atoms with Crippen molar-refractivity contribution in [1.82, 2.24) is 0 Å². The first-order valence-corrected chi connectivity index (χ1v) is 9.93. The second kappa shape index (κ2) is 9.74. The first kappa shape index (κ1) is 21.1. The second-order valence-corrected chi connectivity index (χ2v) is 7.53. The zero-order chi connectivity index (χ0) is 21.5. The highest BCUT2D eigenvalue weighted by Gasteiger charge is 2.10. The first-order valence-electron chi connectivity index (χ1n) is 9.93. The summed E-state index contributed by atoms with van der Waals surface area (Å²) in [5.41, 5.74) is 3.26. The van der Waals surface area contributed by atoms with Crippen molar-refractivity contribution >= 4 is 23.2 Å². The highest BCUT2D eigenvalue weighted by molar-refractivity contribution is 6.07. The fraction of sp³-hybridized carbons (Fsp3) is 0.200. The molecule has 0 aliphatic heterocycles. The molecule has 2 amide bonds. The smallest absolute Gasteiger partial charge is 0.255 e. The van der Waals surface area contributed by atoms with E-state index in [-0.39, 0.29) is 11.8 Å². The molecule has 0 aromatic heterocycles. The zero-order valence-corrected chi connectivity index (χ0v) is 17.4. The van der Waals surface area contributed by atoms with Gasteiger partial charge in [-0.1, -0.05) is 38.1 Å². The van der Waals surface area contributed by atoms with E-state index in [1.165, 1.54) is 0 Å². The normalized spacial score (nSPS) is 10.5. The third-order valence-corrected chi connectivity index (χ3v) is 4.47. The van der Waals surface area contributed by atoms with Gasteiger partial charge in [-0.25, -0.2) is 0 Å². The fourth-order valence-electron chi connectivity index (χ4n) is 2.87. The Balaban J connectivity index is 1.64. The molecule has 3 aromatic rings. The topological polar surface area (TPSA) is 67.4 Å². The highest BCUT2D eigenvalue weighted by Crippen LogP contribution is 2.19. The van der Waals surface area contributed by atoms with E-state index in [2.05, 4.69) is 24.5 Å². The number of carbonyl (C=O) groups is 2. The van der Waals surface area contributed by atoms with Crippen molar-refractivity contribution in [3.63, 3.8) is 0 Å². The van der Waals surface area contributed by atoms with Crippen LogP contribution in [-0.4, -0.2) is 18.4 Å². The van der Waals surface area contributed by atoms with Crippen LogP contribution in [0.3, 0.4) is 0 Å². The Kier molecular flexibility index (Phi) is 6.86. The van der Waals surface area contributed by atoms with Crippen molar-refractivity contribution in [3.05, 3.63) is 89.5 Å². The Morgan fingerprint density at radius 3 is 2.10 bits per heavy atom. The Morgan fingerprint density at radius 1 is 0.833 bits per heavy atom. The number of carbonyl (C=O) groups excluding carboxylic acids is 2. The van der Waals surface area contributed by atoms with Crippen molar-refractivity contribution in [3.8, 4) is 5.75 Å². The van der Waals surface area contributed by atoms with Crippen LogP contribution in [0.4, 0.5) is 11.4 Å². The van der Waals surface area contributed by atoms with Crippen molar-refractivity contribution in [2.24, 2.45) is 5.92 Å². The van der Waals surface area contributed by atoms with Crippen LogP contribution in [0.15, 0.2) is 72.8 Å². The molecule has 0 aliphatic carbocycles. The summed E-state index contributed by atoms with van der Waals surface area (Å²) < 4.78 is 5.65. The van der Waals surface area contributed by atoms with Gasteiger partial charge in [0.2, 0.25) is 0 Å². The van der Waals surface area contributed by atoms with Gasteiger partial charge in [0.1, 0.15) is 5.75 Å². The maximum absolute atomic E-state index is 12.6. The second-order valence-electron chi connectivity index (χ2n) is 7.53. The molecule has 0 fully saturated rings. The molecule has 5 heteroatoms. The van der Waals surface area contributed by atoms with Crippen LogP contribution in [0, 0.1) is 12.8 Å². The largest absolute Gasteiger partial charge is 0.493 e. The van der Waals surface area contributed by atoms with E-state index in [4.69, 9.17) is 4.74 Å². The molecule has 0 unspecified atom stereocenters. The predicted molar refractivity (Wildman–Crippen MR) is 120 cm³/mol. The summed E-state index contributed by atoms with van der Waals surface area (Å²) in [6.45, 7) is 6.69. The number of aryl methyl sites for hydroxylation is 1. The summed E-state index contributed by atoms with van der Waals surface area (Å²) in [5.74, 6) is 0.758. The molecule has 3 rings (SSSR count). The molecule has 154 valence electrons. The number of nitrogens with one attached hydrogen (secondary N) is 2. The van der Waals surface area contributed by atoms with Crippen LogP contribution in [0.1, 0.15) is 40.1 Å². The van der Waals surface area contributed by atoms with E-state index in [1.54, 1.807) is 54.6 Å². The van der Waals surface area contributed by atoms with Crippen molar-refractivity contribution in [2.45, 2.75) is 20.8 Å². The van der Waals surface area contributed by atoms with Crippen molar-refractivity contribution in [2.75, 3.05) is 17.2 Å². The molecule has 0 saturated carbocycles. The van der Waals surface area contributed by atoms with Crippen LogP contribution in [0.2, 0.25) is 0 Å². The maximum atomic E-state index is 12.6. The Morgan fingerprint density at radius 2 is 1.47 bits per heavy atom. The van der Waals surface area contributed by atoms with Crippen LogP contribution in [0.25, 0.3) is 0 Å². The van der Waals surface area contributed by atoms with Gasteiger partial charge in [-0.05, 0) is 66.9 Å². The Bertz CT molecular complexity index is 1030. The summed E-state index contributed by atoms with van der Waals surface area (Å²) in [7, 11) is 0. The molecule has 0 radical (unpaired) electrons. The third-order valence-electron chi connectivity index (χ3n) is 4.47. The van der Waals surface area contributed by atoms with Gasteiger partial charge in [-0.2, -0.15) is 0 Å². The minimum atomic E-state index is -0.229. The van der Waals surface area contributed by atoms with E-state index >= 15 is 0 Å². The lowest BCUT2D eigenvalue weighted by Crippen LogP contribution is -2.14.